The molecule has 3 rings (SSSR count). The smallest absolute Gasteiger partial charge is 0.244 e. The van der Waals surface area contributed by atoms with E-state index in [0.717, 1.165) is 31.5 Å². The zero-order chi connectivity index (χ0) is 15.9. The van der Waals surface area contributed by atoms with E-state index in [1.54, 1.807) is 24.5 Å². The lowest BCUT2D eigenvalue weighted by atomic mass is 10.2. The molecule has 1 aromatic heterocycles. The number of amides is 1. The molecule has 0 saturated carbocycles. The fourth-order valence-corrected chi connectivity index (χ4v) is 2.83. The van der Waals surface area contributed by atoms with E-state index in [2.05, 4.69) is 39.5 Å². The molecule has 118 valence electrons. The van der Waals surface area contributed by atoms with Gasteiger partial charge in [0.1, 0.15) is 0 Å². The van der Waals surface area contributed by atoms with Crippen molar-refractivity contribution in [2.45, 2.75) is 12.8 Å². The van der Waals surface area contributed by atoms with Gasteiger partial charge < -0.3 is 10.2 Å². The van der Waals surface area contributed by atoms with Crippen molar-refractivity contribution in [2.24, 2.45) is 0 Å². The van der Waals surface area contributed by atoms with E-state index < -0.39 is 0 Å². The minimum absolute atomic E-state index is 0.0596. The molecule has 2 aromatic rings. The van der Waals surface area contributed by atoms with Crippen molar-refractivity contribution in [1.29, 1.82) is 0 Å². The third kappa shape index (κ3) is 4.19. The van der Waals surface area contributed by atoms with Crippen molar-refractivity contribution in [3.63, 3.8) is 0 Å². The van der Waals surface area contributed by atoms with E-state index in [1.807, 2.05) is 12.1 Å². The number of anilines is 1. The van der Waals surface area contributed by atoms with Gasteiger partial charge in [0.15, 0.2) is 0 Å². The summed E-state index contributed by atoms with van der Waals surface area (Å²) in [5, 5.41) is 2.93. The van der Waals surface area contributed by atoms with Crippen LogP contribution >= 0.6 is 0 Å². The Labute approximate surface area is 136 Å². The molecule has 4 nitrogen and oxygen atoms in total. The van der Waals surface area contributed by atoms with Gasteiger partial charge >= 0.3 is 0 Å². The Morgan fingerprint density at radius 1 is 1.26 bits per heavy atom. The summed E-state index contributed by atoms with van der Waals surface area (Å²) in [6, 6.07) is 12.3. The highest BCUT2D eigenvalue weighted by atomic mass is 16.1. The molecule has 1 amide bonds. The molecule has 1 N–H and O–H groups in total. The standard InChI is InChI=1S/C19H21N3O/c23-19(9-8-16-5-3-11-20-15-16)21-12-4-13-22-14-10-17-6-1-2-7-18(17)22/h1-3,5-9,11,15H,4,10,12-14H2,(H,21,23)/b9-8+. The second kappa shape index (κ2) is 7.58. The molecule has 2 heterocycles. The lowest BCUT2D eigenvalue weighted by molar-refractivity contribution is -0.116. The van der Waals surface area contributed by atoms with Gasteiger partial charge in [0.2, 0.25) is 5.91 Å². The third-order valence-electron chi connectivity index (χ3n) is 4.00. The Hall–Kier alpha value is -2.62. The summed E-state index contributed by atoms with van der Waals surface area (Å²) in [6.45, 7) is 2.74. The highest BCUT2D eigenvalue weighted by molar-refractivity contribution is 5.91. The predicted molar refractivity (Wildman–Crippen MR) is 93.3 cm³/mol. The van der Waals surface area contributed by atoms with E-state index in [0.29, 0.717) is 6.54 Å². The summed E-state index contributed by atoms with van der Waals surface area (Å²) in [7, 11) is 0. The lowest BCUT2D eigenvalue weighted by Gasteiger charge is -2.19. The summed E-state index contributed by atoms with van der Waals surface area (Å²) >= 11 is 0. The number of benzene rings is 1. The fraction of sp³-hybridized carbons (Fsp3) is 0.263. The average Bonchev–Trinajstić information content (AvgIpc) is 3.01. The molecule has 0 fully saturated rings. The van der Waals surface area contributed by atoms with Crippen molar-refractivity contribution < 1.29 is 4.79 Å². The first-order valence-electron chi connectivity index (χ1n) is 8.02. The Bertz CT molecular complexity index is 682. The van der Waals surface area contributed by atoms with Crippen LogP contribution in [0.15, 0.2) is 54.9 Å². The molecule has 0 saturated heterocycles. The summed E-state index contributed by atoms with van der Waals surface area (Å²) < 4.78 is 0. The van der Waals surface area contributed by atoms with Gasteiger partial charge in [0.05, 0.1) is 0 Å². The molecule has 23 heavy (non-hydrogen) atoms. The Kier molecular flexibility index (Phi) is 5.04. The molecule has 0 radical (unpaired) electrons. The number of carbonyl (C=O) groups is 1. The van der Waals surface area contributed by atoms with Crippen LogP contribution in [0.4, 0.5) is 5.69 Å². The Balaban J connectivity index is 1.39. The molecule has 4 heteroatoms. The minimum Gasteiger partial charge on any atom is -0.371 e. The topological polar surface area (TPSA) is 45.2 Å². The van der Waals surface area contributed by atoms with Crippen molar-refractivity contribution >= 4 is 17.7 Å². The largest absolute Gasteiger partial charge is 0.371 e. The van der Waals surface area contributed by atoms with Crippen LogP contribution in [0.3, 0.4) is 0 Å². The molecule has 0 aliphatic carbocycles. The highest BCUT2D eigenvalue weighted by Crippen LogP contribution is 2.27. The minimum atomic E-state index is -0.0596. The highest BCUT2D eigenvalue weighted by Gasteiger charge is 2.17. The normalized spacial score (nSPS) is 13.3. The van der Waals surface area contributed by atoms with Gasteiger partial charge in [-0.05, 0) is 42.2 Å². The van der Waals surface area contributed by atoms with Gasteiger partial charge in [-0.25, -0.2) is 0 Å². The van der Waals surface area contributed by atoms with E-state index in [9.17, 15) is 4.79 Å². The first kappa shape index (κ1) is 15.3. The zero-order valence-corrected chi connectivity index (χ0v) is 13.1. The van der Waals surface area contributed by atoms with Crippen LogP contribution in [-0.2, 0) is 11.2 Å². The molecule has 0 atom stereocenters. The summed E-state index contributed by atoms with van der Waals surface area (Å²) in [6.07, 6.45) is 8.85. The predicted octanol–water partition coefficient (Wildman–Crippen LogP) is 2.66. The van der Waals surface area contributed by atoms with E-state index in [1.165, 1.54) is 11.3 Å². The fourth-order valence-electron chi connectivity index (χ4n) is 2.83. The summed E-state index contributed by atoms with van der Waals surface area (Å²) in [5.41, 5.74) is 3.70. The average molecular weight is 307 g/mol. The van der Waals surface area contributed by atoms with Crippen LogP contribution < -0.4 is 10.2 Å². The van der Waals surface area contributed by atoms with Crippen LogP contribution in [0.2, 0.25) is 0 Å². The molecule has 0 unspecified atom stereocenters. The number of para-hydroxylation sites is 1. The first-order valence-corrected chi connectivity index (χ1v) is 8.02. The molecule has 1 aliphatic heterocycles. The number of pyridine rings is 1. The van der Waals surface area contributed by atoms with Gasteiger partial charge in [-0.3, -0.25) is 9.78 Å². The van der Waals surface area contributed by atoms with Gasteiger partial charge in [0, 0.05) is 43.8 Å². The van der Waals surface area contributed by atoms with E-state index in [-0.39, 0.29) is 5.91 Å². The van der Waals surface area contributed by atoms with E-state index >= 15 is 0 Å². The number of nitrogens with one attached hydrogen (secondary N) is 1. The van der Waals surface area contributed by atoms with Gasteiger partial charge in [0.25, 0.3) is 0 Å². The number of nitrogens with zero attached hydrogens (tertiary/aromatic N) is 2. The van der Waals surface area contributed by atoms with Crippen molar-refractivity contribution in [3.05, 3.63) is 66.0 Å². The number of carbonyl (C=O) groups excluding carboxylic acids is 1. The quantitative estimate of drug-likeness (QED) is 0.659. The number of fused-ring (bicyclic) bond motifs is 1. The number of hydrogen-bond acceptors (Lipinski definition) is 3. The molecular weight excluding hydrogens is 286 g/mol. The Morgan fingerprint density at radius 3 is 3.04 bits per heavy atom. The first-order chi connectivity index (χ1) is 11.3. The lowest BCUT2D eigenvalue weighted by Crippen LogP contribution is -2.28. The number of hydrogen-bond donors (Lipinski definition) is 1. The Morgan fingerprint density at radius 2 is 2.17 bits per heavy atom. The second-order valence-electron chi connectivity index (χ2n) is 5.63. The molecule has 1 aromatic carbocycles. The zero-order valence-electron chi connectivity index (χ0n) is 13.1. The summed E-state index contributed by atoms with van der Waals surface area (Å²) in [4.78, 5) is 18.2. The maximum atomic E-state index is 11.8. The van der Waals surface area contributed by atoms with Crippen LogP contribution in [0.5, 0.6) is 0 Å². The van der Waals surface area contributed by atoms with Gasteiger partial charge in [-0.2, -0.15) is 0 Å². The summed E-state index contributed by atoms with van der Waals surface area (Å²) in [5.74, 6) is -0.0596. The van der Waals surface area contributed by atoms with Gasteiger partial charge in [-0.1, -0.05) is 24.3 Å². The van der Waals surface area contributed by atoms with Crippen LogP contribution in [0.1, 0.15) is 17.5 Å². The number of rotatable bonds is 6. The molecule has 1 aliphatic rings. The van der Waals surface area contributed by atoms with Crippen molar-refractivity contribution in [1.82, 2.24) is 10.3 Å². The van der Waals surface area contributed by atoms with E-state index in [4.69, 9.17) is 0 Å². The second-order valence-corrected chi connectivity index (χ2v) is 5.63. The van der Waals surface area contributed by atoms with Gasteiger partial charge in [-0.15, -0.1) is 0 Å². The van der Waals surface area contributed by atoms with Crippen LogP contribution in [0, 0.1) is 0 Å². The van der Waals surface area contributed by atoms with Crippen LogP contribution in [0.25, 0.3) is 6.08 Å². The maximum Gasteiger partial charge on any atom is 0.244 e. The molecular formula is C19H21N3O. The van der Waals surface area contributed by atoms with Crippen LogP contribution in [-0.4, -0.2) is 30.5 Å². The van der Waals surface area contributed by atoms with Crippen molar-refractivity contribution in [3.8, 4) is 0 Å². The third-order valence-corrected chi connectivity index (χ3v) is 4.00. The molecule has 0 spiro atoms. The monoisotopic (exact) mass is 307 g/mol. The molecule has 0 bridgehead atoms. The maximum absolute atomic E-state index is 11.8. The van der Waals surface area contributed by atoms with Crippen molar-refractivity contribution in [2.75, 3.05) is 24.5 Å². The SMILES string of the molecule is O=C(/C=C/c1cccnc1)NCCCN1CCc2ccccc21. The number of aromatic nitrogens is 1.